The molecule has 1 aromatic rings. The van der Waals surface area contributed by atoms with Gasteiger partial charge in [-0.3, -0.25) is 4.99 Å². The minimum Gasteiger partial charge on any atom is -0.351 e. The van der Waals surface area contributed by atoms with Crippen LogP contribution in [-0.4, -0.2) is 40.5 Å². The van der Waals surface area contributed by atoms with Gasteiger partial charge in [-0.15, -0.1) is 24.0 Å². The maximum absolute atomic E-state index is 4.74. The number of aliphatic imine (C=N–C) groups is 1. The van der Waals surface area contributed by atoms with Gasteiger partial charge < -0.3 is 14.8 Å². The van der Waals surface area contributed by atoms with Gasteiger partial charge in [0.1, 0.15) is 5.82 Å². The molecule has 0 saturated carbocycles. The Morgan fingerprint density at radius 3 is 2.77 bits per heavy atom. The number of aryl methyl sites for hydroxylation is 2. The van der Waals surface area contributed by atoms with Crippen LogP contribution in [0.2, 0.25) is 0 Å². The van der Waals surface area contributed by atoms with E-state index in [1.54, 1.807) is 0 Å². The van der Waals surface area contributed by atoms with Crippen molar-refractivity contribution in [2.45, 2.75) is 52.1 Å². The lowest BCUT2D eigenvalue weighted by Gasteiger charge is -2.32. The van der Waals surface area contributed by atoms with E-state index in [1.165, 1.54) is 31.5 Å². The number of nitrogens with zero attached hydrogens (tertiary/aromatic N) is 4. The molecule has 6 heteroatoms. The van der Waals surface area contributed by atoms with Gasteiger partial charge in [0.2, 0.25) is 0 Å². The van der Waals surface area contributed by atoms with Crippen LogP contribution in [0.4, 0.5) is 0 Å². The van der Waals surface area contributed by atoms with Gasteiger partial charge in [0.15, 0.2) is 5.96 Å². The molecule has 5 nitrogen and oxygen atoms in total. The van der Waals surface area contributed by atoms with Crippen LogP contribution in [0.25, 0.3) is 0 Å². The summed E-state index contributed by atoms with van der Waals surface area (Å²) in [7, 11) is 1.87. The number of rotatable bonds is 2. The molecule has 3 heterocycles. The Labute approximate surface area is 150 Å². The summed E-state index contributed by atoms with van der Waals surface area (Å²) in [5.74, 6) is 3.12. The van der Waals surface area contributed by atoms with Crippen molar-refractivity contribution in [1.82, 2.24) is 19.8 Å². The molecule has 22 heavy (non-hydrogen) atoms. The maximum atomic E-state index is 4.74. The van der Waals surface area contributed by atoms with Gasteiger partial charge in [0.25, 0.3) is 0 Å². The number of aromatic nitrogens is 2. The van der Waals surface area contributed by atoms with Gasteiger partial charge in [-0.05, 0) is 31.6 Å². The molecular formula is C16H28IN5. The van der Waals surface area contributed by atoms with Gasteiger partial charge >= 0.3 is 0 Å². The summed E-state index contributed by atoms with van der Waals surface area (Å²) >= 11 is 0. The highest BCUT2D eigenvalue weighted by Crippen LogP contribution is 2.17. The van der Waals surface area contributed by atoms with E-state index < -0.39 is 0 Å². The number of fused-ring (bicyclic) bond motifs is 1. The van der Waals surface area contributed by atoms with Crippen LogP contribution in [0.15, 0.2) is 11.2 Å². The van der Waals surface area contributed by atoms with E-state index in [0.717, 1.165) is 50.2 Å². The molecule has 0 spiro atoms. The maximum Gasteiger partial charge on any atom is 0.193 e. The SMILES string of the molecule is CN=C(NCc1cn2c(n1)CCCC2)N1CCC(C)CC1.I. The minimum atomic E-state index is 0. The lowest BCUT2D eigenvalue weighted by molar-refractivity contribution is 0.273. The summed E-state index contributed by atoms with van der Waals surface area (Å²) in [6.45, 7) is 6.46. The van der Waals surface area contributed by atoms with Gasteiger partial charge in [-0.25, -0.2) is 4.98 Å². The van der Waals surface area contributed by atoms with Crippen molar-refractivity contribution in [1.29, 1.82) is 0 Å². The first-order valence-electron chi connectivity index (χ1n) is 8.27. The van der Waals surface area contributed by atoms with Crippen molar-refractivity contribution < 1.29 is 0 Å². The summed E-state index contributed by atoms with van der Waals surface area (Å²) in [6, 6.07) is 0. The van der Waals surface area contributed by atoms with E-state index in [4.69, 9.17) is 4.98 Å². The molecule has 1 N–H and O–H groups in total. The third kappa shape index (κ3) is 4.14. The summed E-state index contributed by atoms with van der Waals surface area (Å²) in [4.78, 5) is 11.5. The highest BCUT2D eigenvalue weighted by Gasteiger charge is 2.19. The first-order valence-corrected chi connectivity index (χ1v) is 8.27. The summed E-state index contributed by atoms with van der Waals surface area (Å²) < 4.78 is 2.31. The normalized spacial score (nSPS) is 19.5. The number of imidazole rings is 1. The first kappa shape index (κ1) is 17.6. The Bertz CT molecular complexity index is 479. The standard InChI is InChI=1S/C16H27N5.HI/c1-13-6-9-20(10-7-13)16(17-2)18-11-14-12-21-8-4-3-5-15(21)19-14;/h12-13H,3-11H2,1-2H3,(H,17,18);1H. The second kappa shape index (κ2) is 8.17. The quantitative estimate of drug-likeness (QED) is 0.457. The zero-order chi connectivity index (χ0) is 14.7. The number of nitrogens with one attached hydrogen (secondary N) is 1. The molecule has 0 aromatic carbocycles. The monoisotopic (exact) mass is 417 g/mol. The van der Waals surface area contributed by atoms with E-state index >= 15 is 0 Å². The zero-order valence-corrected chi connectivity index (χ0v) is 16.0. The van der Waals surface area contributed by atoms with Crippen molar-refractivity contribution in [2.75, 3.05) is 20.1 Å². The summed E-state index contributed by atoms with van der Waals surface area (Å²) in [5.41, 5.74) is 1.14. The van der Waals surface area contributed by atoms with Gasteiger partial charge in [0, 0.05) is 39.3 Å². The Hall–Kier alpha value is -0.790. The lowest BCUT2D eigenvalue weighted by Crippen LogP contribution is -2.45. The molecular weight excluding hydrogens is 389 g/mol. The fraction of sp³-hybridized carbons (Fsp3) is 0.750. The van der Waals surface area contributed by atoms with Crippen LogP contribution in [0, 0.1) is 5.92 Å². The number of piperidine rings is 1. The molecule has 1 saturated heterocycles. The average Bonchev–Trinajstić information content (AvgIpc) is 2.92. The highest BCUT2D eigenvalue weighted by atomic mass is 127. The Kier molecular flexibility index (Phi) is 6.52. The third-order valence-electron chi connectivity index (χ3n) is 4.68. The van der Waals surface area contributed by atoms with Crippen molar-refractivity contribution in [3.8, 4) is 0 Å². The summed E-state index contributed by atoms with van der Waals surface area (Å²) in [6.07, 6.45) is 8.41. The van der Waals surface area contributed by atoms with Crippen molar-refractivity contribution in [3.63, 3.8) is 0 Å². The van der Waals surface area contributed by atoms with Crippen LogP contribution in [-0.2, 0) is 19.5 Å². The largest absolute Gasteiger partial charge is 0.351 e. The van der Waals surface area contributed by atoms with E-state index in [1.807, 2.05) is 7.05 Å². The van der Waals surface area contributed by atoms with Crippen molar-refractivity contribution in [2.24, 2.45) is 10.9 Å². The van der Waals surface area contributed by atoms with Gasteiger partial charge in [0.05, 0.1) is 12.2 Å². The van der Waals surface area contributed by atoms with E-state index in [9.17, 15) is 0 Å². The number of guanidine groups is 1. The molecule has 0 aliphatic carbocycles. The fourth-order valence-electron chi connectivity index (χ4n) is 3.28. The highest BCUT2D eigenvalue weighted by molar-refractivity contribution is 14.0. The van der Waals surface area contributed by atoms with Crippen LogP contribution >= 0.6 is 24.0 Å². The predicted octanol–water partition coefficient (Wildman–Crippen LogP) is 2.64. The molecule has 0 bridgehead atoms. The first-order chi connectivity index (χ1) is 10.3. The smallest absolute Gasteiger partial charge is 0.193 e. The van der Waals surface area contributed by atoms with Gasteiger partial charge in [-0.1, -0.05) is 6.92 Å². The number of hydrogen-bond donors (Lipinski definition) is 1. The topological polar surface area (TPSA) is 45.5 Å². The molecule has 0 unspecified atom stereocenters. The second-order valence-electron chi connectivity index (χ2n) is 6.37. The lowest BCUT2D eigenvalue weighted by atomic mass is 10.00. The molecule has 124 valence electrons. The Morgan fingerprint density at radius 2 is 2.09 bits per heavy atom. The van der Waals surface area contributed by atoms with E-state index in [2.05, 4.69) is 32.9 Å². The van der Waals surface area contributed by atoms with Crippen LogP contribution < -0.4 is 5.32 Å². The summed E-state index contributed by atoms with van der Waals surface area (Å²) in [5, 5.41) is 3.48. The van der Waals surface area contributed by atoms with Crippen LogP contribution in [0.3, 0.4) is 0 Å². The Morgan fingerprint density at radius 1 is 1.32 bits per heavy atom. The average molecular weight is 417 g/mol. The van der Waals surface area contributed by atoms with Crippen LogP contribution in [0.5, 0.6) is 0 Å². The van der Waals surface area contributed by atoms with E-state index in [-0.39, 0.29) is 24.0 Å². The number of hydrogen-bond acceptors (Lipinski definition) is 2. The number of halogens is 1. The molecule has 2 aliphatic heterocycles. The van der Waals surface area contributed by atoms with Crippen LogP contribution in [0.1, 0.15) is 44.1 Å². The molecule has 3 rings (SSSR count). The Balaban J connectivity index is 0.00000176. The molecule has 2 aliphatic rings. The minimum absolute atomic E-state index is 0. The number of likely N-dealkylation sites (tertiary alicyclic amines) is 1. The van der Waals surface area contributed by atoms with Gasteiger partial charge in [-0.2, -0.15) is 0 Å². The van der Waals surface area contributed by atoms with Crippen molar-refractivity contribution >= 4 is 29.9 Å². The molecule has 1 fully saturated rings. The van der Waals surface area contributed by atoms with E-state index in [0.29, 0.717) is 0 Å². The molecule has 0 atom stereocenters. The zero-order valence-electron chi connectivity index (χ0n) is 13.7. The molecule has 1 aromatic heterocycles. The molecule has 0 radical (unpaired) electrons. The molecule has 0 amide bonds. The third-order valence-corrected chi connectivity index (χ3v) is 4.68. The van der Waals surface area contributed by atoms with Crippen molar-refractivity contribution in [3.05, 3.63) is 17.7 Å². The fourth-order valence-corrected chi connectivity index (χ4v) is 3.28. The predicted molar refractivity (Wildman–Crippen MR) is 101 cm³/mol. The second-order valence-corrected chi connectivity index (χ2v) is 6.37.